The Morgan fingerprint density at radius 3 is 2.84 bits per heavy atom. The molecule has 37 heavy (non-hydrogen) atoms. The predicted molar refractivity (Wildman–Crippen MR) is 142 cm³/mol. The highest BCUT2D eigenvalue weighted by atomic mass is 16.5. The van der Waals surface area contributed by atoms with Crippen molar-refractivity contribution < 1.29 is 9.84 Å². The van der Waals surface area contributed by atoms with Crippen molar-refractivity contribution >= 4 is 11.6 Å². The number of pyridine rings is 1. The zero-order valence-electron chi connectivity index (χ0n) is 21.0. The molecule has 9 heteroatoms. The van der Waals surface area contributed by atoms with Crippen molar-refractivity contribution in [1.82, 2.24) is 29.5 Å². The van der Waals surface area contributed by atoms with E-state index in [1.165, 1.54) is 24.0 Å². The molecule has 1 fully saturated rings. The molecule has 6 rings (SSSR count). The number of aromatic nitrogens is 5. The molecule has 0 atom stereocenters. The molecule has 2 aliphatic heterocycles. The van der Waals surface area contributed by atoms with Crippen LogP contribution in [0.2, 0.25) is 0 Å². The Hall–Kier alpha value is -3.56. The first kappa shape index (κ1) is 23.8. The molecule has 3 aromatic heterocycles. The number of likely N-dealkylation sites (tertiary alicyclic amines) is 1. The van der Waals surface area contributed by atoms with Crippen molar-refractivity contribution in [2.45, 2.75) is 38.6 Å². The number of fused-ring (bicyclic) bond motifs is 2. The summed E-state index contributed by atoms with van der Waals surface area (Å²) in [4.78, 5) is 11.9. The van der Waals surface area contributed by atoms with Crippen molar-refractivity contribution in [3.63, 3.8) is 0 Å². The number of piperidine rings is 1. The van der Waals surface area contributed by atoms with Crippen LogP contribution in [-0.4, -0.2) is 67.4 Å². The van der Waals surface area contributed by atoms with Crippen LogP contribution in [0.4, 0.5) is 5.95 Å². The van der Waals surface area contributed by atoms with Crippen LogP contribution in [0.3, 0.4) is 0 Å². The van der Waals surface area contributed by atoms with Crippen LogP contribution in [0.1, 0.15) is 36.1 Å². The van der Waals surface area contributed by atoms with Crippen molar-refractivity contribution in [1.29, 1.82) is 0 Å². The molecule has 0 bridgehead atoms. The molecular weight excluding hydrogens is 466 g/mol. The summed E-state index contributed by atoms with van der Waals surface area (Å²) in [5.41, 5.74) is 6.20. The first-order chi connectivity index (χ1) is 18.3. The molecule has 0 unspecified atom stereocenters. The highest BCUT2D eigenvalue weighted by Gasteiger charge is 2.19. The maximum atomic E-state index is 9.15. The largest absolute Gasteiger partial charge is 0.493 e. The van der Waals surface area contributed by atoms with Gasteiger partial charge in [0.05, 0.1) is 6.61 Å². The van der Waals surface area contributed by atoms with Gasteiger partial charge in [-0.15, -0.1) is 10.2 Å². The highest BCUT2D eigenvalue weighted by Crippen LogP contribution is 2.29. The number of nitrogens with zero attached hydrogens (tertiary/aromatic N) is 6. The fourth-order valence-corrected chi connectivity index (χ4v) is 5.47. The van der Waals surface area contributed by atoms with Gasteiger partial charge in [-0.1, -0.05) is 18.2 Å². The van der Waals surface area contributed by atoms with Gasteiger partial charge in [0.25, 0.3) is 0 Å². The summed E-state index contributed by atoms with van der Waals surface area (Å²) in [7, 11) is 0. The highest BCUT2D eigenvalue weighted by molar-refractivity contribution is 5.77. The van der Waals surface area contributed by atoms with E-state index in [4.69, 9.17) is 19.8 Å². The Bertz CT molecular complexity index is 1350. The zero-order valence-corrected chi connectivity index (χ0v) is 21.0. The van der Waals surface area contributed by atoms with E-state index < -0.39 is 0 Å². The molecule has 9 nitrogen and oxygen atoms in total. The van der Waals surface area contributed by atoms with Gasteiger partial charge in [0, 0.05) is 67.3 Å². The molecule has 0 aliphatic carbocycles. The van der Waals surface area contributed by atoms with Crippen LogP contribution in [0, 0.1) is 5.92 Å². The van der Waals surface area contributed by atoms with E-state index in [0.29, 0.717) is 25.0 Å². The number of hydrogen-bond acceptors (Lipinski definition) is 8. The third-order valence-electron chi connectivity index (χ3n) is 7.67. The first-order valence-corrected chi connectivity index (χ1v) is 13.2. The molecule has 0 saturated carbocycles. The topological polar surface area (TPSA) is 101 Å². The molecule has 192 valence electrons. The van der Waals surface area contributed by atoms with E-state index in [-0.39, 0.29) is 0 Å². The van der Waals surface area contributed by atoms with Crippen LogP contribution in [-0.2, 0) is 19.4 Å². The normalized spacial score (nSPS) is 16.1. The predicted octanol–water partition coefficient (Wildman–Crippen LogP) is 3.37. The lowest BCUT2D eigenvalue weighted by Gasteiger charge is -2.31. The fourth-order valence-electron chi connectivity index (χ4n) is 5.47. The van der Waals surface area contributed by atoms with Crippen molar-refractivity contribution in [2.75, 3.05) is 38.2 Å². The summed E-state index contributed by atoms with van der Waals surface area (Å²) in [6.45, 7) is 4.95. The van der Waals surface area contributed by atoms with Crippen LogP contribution in [0.15, 0.2) is 49.1 Å². The molecule has 4 aromatic rings. The van der Waals surface area contributed by atoms with E-state index in [9.17, 15) is 0 Å². The summed E-state index contributed by atoms with van der Waals surface area (Å²) in [5.74, 6) is 2.36. The van der Waals surface area contributed by atoms with Gasteiger partial charge in [-0.3, -0.25) is 9.38 Å². The van der Waals surface area contributed by atoms with Gasteiger partial charge in [-0.05, 0) is 56.0 Å². The Balaban J connectivity index is 1.11. The van der Waals surface area contributed by atoms with Crippen LogP contribution in [0.25, 0.3) is 16.8 Å². The number of aliphatic hydroxyl groups excluding tert-OH is 1. The number of anilines is 1. The number of aliphatic hydroxyl groups is 1. The molecule has 0 spiro atoms. The molecule has 5 heterocycles. The maximum absolute atomic E-state index is 9.15. The lowest BCUT2D eigenvalue weighted by molar-refractivity contribution is 0.159. The summed E-state index contributed by atoms with van der Waals surface area (Å²) in [6, 6.07) is 10.4. The summed E-state index contributed by atoms with van der Waals surface area (Å²) >= 11 is 0. The lowest BCUT2D eigenvalue weighted by Crippen LogP contribution is -2.35. The van der Waals surface area contributed by atoms with E-state index in [1.807, 2.05) is 28.9 Å². The Kier molecular flexibility index (Phi) is 6.96. The van der Waals surface area contributed by atoms with Crippen LogP contribution >= 0.6 is 0 Å². The van der Waals surface area contributed by atoms with E-state index >= 15 is 0 Å². The quantitative estimate of drug-likeness (QED) is 0.362. The third kappa shape index (κ3) is 5.14. The molecule has 1 saturated heterocycles. The minimum Gasteiger partial charge on any atom is -0.493 e. The smallest absolute Gasteiger partial charge is 0.210 e. The summed E-state index contributed by atoms with van der Waals surface area (Å²) < 4.78 is 7.59. The lowest BCUT2D eigenvalue weighted by atomic mass is 9.94. The molecule has 0 radical (unpaired) electrons. The summed E-state index contributed by atoms with van der Waals surface area (Å²) in [6.07, 6.45) is 10.6. The van der Waals surface area contributed by atoms with Gasteiger partial charge in [0.2, 0.25) is 5.95 Å². The number of benzene rings is 1. The number of hydrogen-bond donors (Lipinski definition) is 2. The standard InChI is InChI=1S/C28H33N7O2/c36-14-9-20-6-11-34(12-7-20)13-8-23-5-4-22(16-29-23)25-18-31-28(35-19-32-33-27(25)35)30-17-21-2-1-3-26-24(21)10-15-37-26/h1-5,16,18-20,36H,6-15,17H2,(H,30,31). The SMILES string of the molecule is OCCC1CCN(CCc2ccc(-c3cnc(NCc4cccc5c4CCO5)n4cnnc34)cn2)CC1. The number of ether oxygens (including phenoxy) is 1. The van der Waals surface area contributed by atoms with E-state index in [0.717, 1.165) is 73.7 Å². The second-order valence-electron chi connectivity index (χ2n) is 9.95. The zero-order chi connectivity index (χ0) is 25.0. The summed E-state index contributed by atoms with van der Waals surface area (Å²) in [5, 5.41) is 21.1. The minimum atomic E-state index is 0.307. The van der Waals surface area contributed by atoms with Crippen LogP contribution < -0.4 is 10.1 Å². The van der Waals surface area contributed by atoms with Crippen molar-refractivity contribution in [2.24, 2.45) is 5.92 Å². The second-order valence-corrected chi connectivity index (χ2v) is 9.95. The van der Waals surface area contributed by atoms with E-state index in [1.54, 1.807) is 6.33 Å². The van der Waals surface area contributed by atoms with Crippen molar-refractivity contribution in [3.05, 3.63) is 65.9 Å². The first-order valence-electron chi connectivity index (χ1n) is 13.2. The average Bonchev–Trinajstić information content (AvgIpc) is 3.63. The fraction of sp³-hybridized carbons (Fsp3) is 0.429. The van der Waals surface area contributed by atoms with Gasteiger partial charge in [0.15, 0.2) is 5.65 Å². The molecule has 2 aliphatic rings. The molecule has 2 N–H and O–H groups in total. The maximum Gasteiger partial charge on any atom is 0.210 e. The molecular formula is C28H33N7O2. The van der Waals surface area contributed by atoms with Crippen molar-refractivity contribution in [3.8, 4) is 16.9 Å². The third-order valence-corrected chi connectivity index (χ3v) is 7.67. The number of nitrogens with one attached hydrogen (secondary N) is 1. The van der Waals surface area contributed by atoms with Gasteiger partial charge < -0.3 is 20.1 Å². The molecule has 1 aromatic carbocycles. The van der Waals surface area contributed by atoms with E-state index in [2.05, 4.69) is 38.6 Å². The second kappa shape index (κ2) is 10.8. The van der Waals surface area contributed by atoms with Gasteiger partial charge >= 0.3 is 0 Å². The molecule has 0 amide bonds. The van der Waals surface area contributed by atoms with Gasteiger partial charge in [-0.25, -0.2) is 4.98 Å². The average molecular weight is 500 g/mol. The monoisotopic (exact) mass is 499 g/mol. The Labute approximate surface area is 216 Å². The van der Waals surface area contributed by atoms with Gasteiger partial charge in [-0.2, -0.15) is 0 Å². The Morgan fingerprint density at radius 1 is 1.08 bits per heavy atom. The van der Waals surface area contributed by atoms with Crippen LogP contribution in [0.5, 0.6) is 5.75 Å². The minimum absolute atomic E-state index is 0.307. The van der Waals surface area contributed by atoms with Gasteiger partial charge in [0.1, 0.15) is 12.1 Å². The number of rotatable bonds is 9. The Morgan fingerprint density at radius 2 is 2.00 bits per heavy atom.